The third-order valence-electron chi connectivity index (χ3n) is 2.32. The molecule has 0 aromatic heterocycles. The standard InChI is InChI=1S/C12H17N3O3/c1-15(7-8-16)11-5-3-10(4-6-11)9-13-14-12(17)18-2/h3-6,9,16H,7-8H2,1-2H3,(H,14,17)/b13-9+. The van der Waals surface area contributed by atoms with Crippen LogP contribution in [0.3, 0.4) is 0 Å². The number of likely N-dealkylation sites (N-methyl/N-ethyl adjacent to an activating group) is 1. The van der Waals surface area contributed by atoms with Crippen LogP contribution in [-0.4, -0.2) is 44.7 Å². The van der Waals surface area contributed by atoms with E-state index in [1.165, 1.54) is 13.3 Å². The number of hydrazone groups is 1. The molecule has 0 aliphatic carbocycles. The van der Waals surface area contributed by atoms with Crippen LogP contribution in [0, 0.1) is 0 Å². The van der Waals surface area contributed by atoms with Crippen molar-refractivity contribution in [3.8, 4) is 0 Å². The summed E-state index contributed by atoms with van der Waals surface area (Å²) < 4.78 is 4.37. The lowest BCUT2D eigenvalue weighted by molar-refractivity contribution is 0.171. The molecule has 0 heterocycles. The molecule has 98 valence electrons. The van der Waals surface area contributed by atoms with Gasteiger partial charge in [-0.3, -0.25) is 0 Å². The largest absolute Gasteiger partial charge is 0.452 e. The summed E-state index contributed by atoms with van der Waals surface area (Å²) in [6.07, 6.45) is 0.915. The molecule has 0 aliphatic rings. The van der Waals surface area contributed by atoms with Gasteiger partial charge in [0.15, 0.2) is 0 Å². The lowest BCUT2D eigenvalue weighted by atomic mass is 10.2. The van der Waals surface area contributed by atoms with Crippen molar-refractivity contribution in [1.29, 1.82) is 0 Å². The van der Waals surface area contributed by atoms with Crippen LogP contribution in [0.4, 0.5) is 10.5 Å². The molecule has 1 rings (SSSR count). The van der Waals surface area contributed by atoms with Crippen molar-refractivity contribution >= 4 is 18.0 Å². The Morgan fingerprint density at radius 1 is 1.50 bits per heavy atom. The summed E-state index contributed by atoms with van der Waals surface area (Å²) in [7, 11) is 3.18. The van der Waals surface area contributed by atoms with Gasteiger partial charge in [0.2, 0.25) is 0 Å². The minimum absolute atomic E-state index is 0.114. The third kappa shape index (κ3) is 4.42. The summed E-state index contributed by atoms with van der Waals surface area (Å²) in [5.41, 5.74) is 4.06. The normalized spacial score (nSPS) is 10.4. The average molecular weight is 251 g/mol. The maximum Gasteiger partial charge on any atom is 0.427 e. The van der Waals surface area contributed by atoms with E-state index in [0.717, 1.165) is 11.3 Å². The highest BCUT2D eigenvalue weighted by Gasteiger charge is 1.99. The molecule has 0 unspecified atom stereocenters. The Morgan fingerprint density at radius 3 is 2.72 bits per heavy atom. The highest BCUT2D eigenvalue weighted by atomic mass is 16.5. The van der Waals surface area contributed by atoms with Crippen LogP contribution < -0.4 is 10.3 Å². The summed E-state index contributed by atoms with van der Waals surface area (Å²) in [5, 5.41) is 12.5. The van der Waals surface area contributed by atoms with Gasteiger partial charge >= 0.3 is 6.09 Å². The predicted molar refractivity (Wildman–Crippen MR) is 69.9 cm³/mol. The van der Waals surface area contributed by atoms with E-state index in [9.17, 15) is 4.79 Å². The van der Waals surface area contributed by atoms with E-state index in [-0.39, 0.29) is 6.61 Å². The van der Waals surface area contributed by atoms with Crippen LogP contribution in [0.2, 0.25) is 0 Å². The predicted octanol–water partition coefficient (Wildman–Crippen LogP) is 0.805. The minimum Gasteiger partial charge on any atom is -0.452 e. The van der Waals surface area contributed by atoms with Gasteiger partial charge in [0.1, 0.15) is 0 Å². The maximum atomic E-state index is 10.7. The number of benzene rings is 1. The van der Waals surface area contributed by atoms with Crippen LogP contribution in [0.15, 0.2) is 29.4 Å². The lowest BCUT2D eigenvalue weighted by Gasteiger charge is -2.17. The highest BCUT2D eigenvalue weighted by Crippen LogP contribution is 2.12. The number of aliphatic hydroxyl groups excluding tert-OH is 1. The topological polar surface area (TPSA) is 74.2 Å². The fraction of sp³-hybridized carbons (Fsp3) is 0.333. The Bertz CT molecular complexity index is 404. The fourth-order valence-corrected chi connectivity index (χ4v) is 1.30. The number of aliphatic hydroxyl groups is 1. The van der Waals surface area contributed by atoms with E-state index in [0.29, 0.717) is 6.54 Å². The monoisotopic (exact) mass is 251 g/mol. The van der Waals surface area contributed by atoms with Crippen LogP contribution in [0.1, 0.15) is 5.56 Å². The Balaban J connectivity index is 2.57. The SMILES string of the molecule is COC(=O)N/N=C/c1ccc(N(C)CCO)cc1. The third-order valence-corrected chi connectivity index (χ3v) is 2.32. The van der Waals surface area contributed by atoms with Crippen molar-refractivity contribution in [2.75, 3.05) is 32.2 Å². The Kier molecular flexibility index (Phi) is 5.66. The molecule has 0 fully saturated rings. The van der Waals surface area contributed by atoms with Crippen molar-refractivity contribution in [3.63, 3.8) is 0 Å². The second-order valence-corrected chi connectivity index (χ2v) is 3.60. The van der Waals surface area contributed by atoms with E-state index < -0.39 is 6.09 Å². The summed E-state index contributed by atoms with van der Waals surface area (Å²) in [6, 6.07) is 7.56. The molecule has 2 N–H and O–H groups in total. The quantitative estimate of drug-likeness (QED) is 0.600. The first-order chi connectivity index (χ1) is 8.67. The van der Waals surface area contributed by atoms with Gasteiger partial charge in [-0.1, -0.05) is 12.1 Å². The summed E-state index contributed by atoms with van der Waals surface area (Å²) in [4.78, 5) is 12.7. The van der Waals surface area contributed by atoms with E-state index in [1.807, 2.05) is 36.2 Å². The van der Waals surface area contributed by atoms with Gasteiger partial charge in [0, 0.05) is 19.3 Å². The number of ether oxygens (including phenoxy) is 1. The molecular weight excluding hydrogens is 234 g/mol. The zero-order chi connectivity index (χ0) is 13.4. The molecule has 1 aromatic rings. The van der Waals surface area contributed by atoms with Crippen LogP contribution in [0.5, 0.6) is 0 Å². The van der Waals surface area contributed by atoms with Crippen LogP contribution in [-0.2, 0) is 4.74 Å². The van der Waals surface area contributed by atoms with Crippen LogP contribution in [0.25, 0.3) is 0 Å². The molecule has 1 amide bonds. The van der Waals surface area contributed by atoms with Crippen molar-refractivity contribution in [3.05, 3.63) is 29.8 Å². The number of rotatable bonds is 5. The molecule has 1 aromatic carbocycles. The van der Waals surface area contributed by atoms with E-state index in [2.05, 4.69) is 15.3 Å². The molecule has 18 heavy (non-hydrogen) atoms. The van der Waals surface area contributed by atoms with E-state index >= 15 is 0 Å². The first kappa shape index (κ1) is 14.0. The van der Waals surface area contributed by atoms with E-state index in [4.69, 9.17) is 5.11 Å². The number of nitrogens with one attached hydrogen (secondary N) is 1. The number of carbonyl (C=O) groups excluding carboxylic acids is 1. The van der Waals surface area contributed by atoms with Gasteiger partial charge in [-0.25, -0.2) is 10.2 Å². The number of amides is 1. The summed E-state index contributed by atoms with van der Waals surface area (Å²) in [6.45, 7) is 0.695. The summed E-state index contributed by atoms with van der Waals surface area (Å²) >= 11 is 0. The lowest BCUT2D eigenvalue weighted by Crippen LogP contribution is -2.20. The highest BCUT2D eigenvalue weighted by molar-refractivity contribution is 5.81. The number of nitrogens with zero attached hydrogens (tertiary/aromatic N) is 2. The number of anilines is 1. The summed E-state index contributed by atoms with van der Waals surface area (Å²) in [5.74, 6) is 0. The molecule has 0 saturated carbocycles. The van der Waals surface area contributed by atoms with Crippen molar-refractivity contribution in [2.24, 2.45) is 5.10 Å². The first-order valence-corrected chi connectivity index (χ1v) is 5.46. The number of hydrogen-bond donors (Lipinski definition) is 2. The first-order valence-electron chi connectivity index (χ1n) is 5.46. The fourth-order valence-electron chi connectivity index (χ4n) is 1.30. The van der Waals surface area contributed by atoms with Gasteiger partial charge in [-0.15, -0.1) is 0 Å². The van der Waals surface area contributed by atoms with Crippen molar-refractivity contribution in [2.45, 2.75) is 0 Å². The minimum atomic E-state index is -0.606. The molecule has 0 bridgehead atoms. The Hall–Kier alpha value is -2.08. The number of methoxy groups -OCH3 is 1. The van der Waals surface area contributed by atoms with E-state index in [1.54, 1.807) is 0 Å². The smallest absolute Gasteiger partial charge is 0.427 e. The average Bonchev–Trinajstić information content (AvgIpc) is 2.39. The Morgan fingerprint density at radius 2 is 2.17 bits per heavy atom. The van der Waals surface area contributed by atoms with Crippen molar-refractivity contribution < 1.29 is 14.6 Å². The number of hydrogen-bond acceptors (Lipinski definition) is 5. The molecule has 6 nitrogen and oxygen atoms in total. The molecular formula is C12H17N3O3. The van der Waals surface area contributed by atoms with Crippen molar-refractivity contribution in [1.82, 2.24) is 5.43 Å². The van der Waals surface area contributed by atoms with Gasteiger partial charge in [-0.2, -0.15) is 5.10 Å². The van der Waals surface area contributed by atoms with Gasteiger partial charge in [0.05, 0.1) is 19.9 Å². The number of carbonyl (C=O) groups is 1. The van der Waals surface area contributed by atoms with Crippen LogP contribution >= 0.6 is 0 Å². The van der Waals surface area contributed by atoms with Gasteiger partial charge < -0.3 is 14.7 Å². The molecule has 0 saturated heterocycles. The zero-order valence-corrected chi connectivity index (χ0v) is 10.5. The maximum absolute atomic E-state index is 10.7. The second kappa shape index (κ2) is 7.29. The Labute approximate surface area is 106 Å². The molecule has 0 atom stereocenters. The molecule has 0 aliphatic heterocycles. The molecule has 0 spiro atoms. The second-order valence-electron chi connectivity index (χ2n) is 3.60. The molecule has 6 heteroatoms. The zero-order valence-electron chi connectivity index (χ0n) is 10.5. The molecule has 0 radical (unpaired) electrons. The van der Waals surface area contributed by atoms with Gasteiger partial charge in [0.25, 0.3) is 0 Å². The van der Waals surface area contributed by atoms with Gasteiger partial charge in [-0.05, 0) is 17.7 Å².